The number of carbonyl (C=O) groups excluding carboxylic acids is 2. The van der Waals surface area contributed by atoms with Crippen LogP contribution in [0.5, 0.6) is 0 Å². The summed E-state index contributed by atoms with van der Waals surface area (Å²) in [6.45, 7) is 0.887. The number of hydrogen-bond donors (Lipinski definition) is 1. The van der Waals surface area contributed by atoms with Crippen LogP contribution in [-0.4, -0.2) is 35.8 Å². The summed E-state index contributed by atoms with van der Waals surface area (Å²) in [5.74, 6) is -0.385. The quantitative estimate of drug-likeness (QED) is 0.662. The lowest BCUT2D eigenvalue weighted by Gasteiger charge is -2.35. The van der Waals surface area contributed by atoms with Crippen molar-refractivity contribution in [2.24, 2.45) is 0 Å². The molecule has 6 heteroatoms. The van der Waals surface area contributed by atoms with Gasteiger partial charge in [0, 0.05) is 31.6 Å². The number of benzene rings is 1. The van der Waals surface area contributed by atoms with E-state index in [9.17, 15) is 14.8 Å². The normalized spacial score (nSPS) is 17.7. The Bertz CT molecular complexity index is 701. The molecule has 1 aromatic heterocycles. The molecule has 0 aliphatic carbocycles. The summed E-state index contributed by atoms with van der Waals surface area (Å²) in [4.78, 5) is 26.5. The highest BCUT2D eigenvalue weighted by Gasteiger charge is 2.33. The van der Waals surface area contributed by atoms with Crippen molar-refractivity contribution < 1.29 is 14.3 Å². The van der Waals surface area contributed by atoms with E-state index in [2.05, 4.69) is 5.32 Å². The zero-order chi connectivity index (χ0) is 16.2. The van der Waals surface area contributed by atoms with E-state index in [-0.39, 0.29) is 11.8 Å². The molecule has 0 radical (unpaired) electrons. The Labute approximate surface area is 133 Å². The number of piperazine rings is 1. The third kappa shape index (κ3) is 3.31. The van der Waals surface area contributed by atoms with Crippen molar-refractivity contribution in [3.63, 3.8) is 0 Å². The van der Waals surface area contributed by atoms with E-state index >= 15 is 0 Å². The number of pyridine rings is 1. The number of nitrogens with zero attached hydrogens (tertiary/aromatic N) is 2. The molecule has 2 amide bonds. The van der Waals surface area contributed by atoms with Crippen molar-refractivity contribution in [1.29, 1.82) is 0 Å². The summed E-state index contributed by atoms with van der Waals surface area (Å²) in [6.07, 6.45) is 3.03. The lowest BCUT2D eigenvalue weighted by molar-refractivity contribution is -0.605. The highest BCUT2D eigenvalue weighted by atomic mass is 16.5. The van der Waals surface area contributed by atoms with Gasteiger partial charge >= 0.3 is 0 Å². The number of rotatable bonds is 3. The minimum Gasteiger partial charge on any atom is -0.619 e. The van der Waals surface area contributed by atoms with Gasteiger partial charge in [0.2, 0.25) is 5.91 Å². The van der Waals surface area contributed by atoms with Gasteiger partial charge in [0.1, 0.15) is 6.04 Å². The predicted molar refractivity (Wildman–Crippen MR) is 83.4 cm³/mol. The van der Waals surface area contributed by atoms with Crippen molar-refractivity contribution in [2.75, 3.05) is 13.1 Å². The Kier molecular flexibility index (Phi) is 4.23. The average Bonchev–Trinajstić information content (AvgIpc) is 2.58. The maximum atomic E-state index is 12.7. The van der Waals surface area contributed by atoms with Crippen molar-refractivity contribution >= 4 is 11.8 Å². The molecule has 1 saturated heterocycles. The third-order valence-corrected chi connectivity index (χ3v) is 3.91. The molecule has 1 N–H and O–H groups in total. The zero-order valence-electron chi connectivity index (χ0n) is 12.5. The van der Waals surface area contributed by atoms with Crippen LogP contribution in [-0.2, 0) is 11.2 Å². The fourth-order valence-electron chi connectivity index (χ4n) is 2.72. The van der Waals surface area contributed by atoms with Crippen LogP contribution in [0.3, 0.4) is 0 Å². The number of nitrogens with one attached hydrogen (secondary N) is 1. The number of amides is 2. The average molecular weight is 311 g/mol. The van der Waals surface area contributed by atoms with Crippen molar-refractivity contribution in [1.82, 2.24) is 10.2 Å². The van der Waals surface area contributed by atoms with Gasteiger partial charge in [0.05, 0.1) is 5.56 Å². The molecule has 118 valence electrons. The first-order valence-electron chi connectivity index (χ1n) is 7.46. The van der Waals surface area contributed by atoms with Crippen LogP contribution in [0.2, 0.25) is 0 Å². The first-order chi connectivity index (χ1) is 11.1. The second-order valence-corrected chi connectivity index (χ2v) is 5.44. The SMILES string of the molecule is O=C1NCCN(C(=O)c2cc[n+]([O-])cc2)C1Cc1ccccc1. The first kappa shape index (κ1) is 15.0. The minimum atomic E-state index is -0.543. The summed E-state index contributed by atoms with van der Waals surface area (Å²) in [5, 5.41) is 13.9. The monoisotopic (exact) mass is 311 g/mol. The van der Waals surface area contributed by atoms with Gasteiger partial charge in [0.25, 0.3) is 5.91 Å². The van der Waals surface area contributed by atoms with Crippen LogP contribution in [0.25, 0.3) is 0 Å². The van der Waals surface area contributed by atoms with E-state index < -0.39 is 6.04 Å². The maximum Gasteiger partial charge on any atom is 0.255 e. The molecule has 0 saturated carbocycles. The highest BCUT2D eigenvalue weighted by molar-refractivity contribution is 5.98. The molecule has 0 bridgehead atoms. The van der Waals surface area contributed by atoms with Gasteiger partial charge < -0.3 is 15.4 Å². The first-order valence-corrected chi connectivity index (χ1v) is 7.46. The molecule has 1 aliphatic heterocycles. The van der Waals surface area contributed by atoms with Gasteiger partial charge in [-0.1, -0.05) is 30.3 Å². The second-order valence-electron chi connectivity index (χ2n) is 5.44. The van der Waals surface area contributed by atoms with Crippen LogP contribution < -0.4 is 10.0 Å². The summed E-state index contributed by atoms with van der Waals surface area (Å²) >= 11 is 0. The van der Waals surface area contributed by atoms with E-state index in [1.165, 1.54) is 24.5 Å². The predicted octanol–water partition coefficient (Wildman–Crippen LogP) is 0.503. The fourth-order valence-corrected chi connectivity index (χ4v) is 2.72. The van der Waals surface area contributed by atoms with Crippen LogP contribution in [0.1, 0.15) is 15.9 Å². The topological polar surface area (TPSA) is 76.4 Å². The summed E-state index contributed by atoms with van der Waals surface area (Å²) in [5.41, 5.74) is 1.41. The molecule has 23 heavy (non-hydrogen) atoms. The van der Waals surface area contributed by atoms with Gasteiger partial charge in [-0.05, 0) is 5.56 Å². The molecule has 6 nitrogen and oxygen atoms in total. The van der Waals surface area contributed by atoms with E-state index in [0.29, 0.717) is 29.8 Å². The van der Waals surface area contributed by atoms with Crippen LogP contribution in [0, 0.1) is 5.21 Å². The number of aromatic nitrogens is 1. The largest absolute Gasteiger partial charge is 0.619 e. The molecular weight excluding hydrogens is 294 g/mol. The van der Waals surface area contributed by atoms with Crippen molar-refractivity contribution in [3.05, 3.63) is 71.2 Å². The van der Waals surface area contributed by atoms with Gasteiger partial charge in [0.15, 0.2) is 12.4 Å². The Morgan fingerprint density at radius 1 is 1.22 bits per heavy atom. The molecule has 3 rings (SSSR count). The van der Waals surface area contributed by atoms with Crippen molar-refractivity contribution in [3.8, 4) is 0 Å². The molecule has 0 spiro atoms. The fraction of sp³-hybridized carbons (Fsp3) is 0.235. The van der Waals surface area contributed by atoms with Gasteiger partial charge in [-0.15, -0.1) is 0 Å². The van der Waals surface area contributed by atoms with Crippen LogP contribution >= 0.6 is 0 Å². The Balaban J connectivity index is 1.84. The van der Waals surface area contributed by atoms with E-state index in [0.717, 1.165) is 5.56 Å². The molecule has 1 aromatic carbocycles. The van der Waals surface area contributed by atoms with Crippen LogP contribution in [0.4, 0.5) is 0 Å². The second kappa shape index (κ2) is 6.48. The summed E-state index contributed by atoms with van der Waals surface area (Å²) < 4.78 is 0.626. The molecule has 1 fully saturated rings. The lowest BCUT2D eigenvalue weighted by Crippen LogP contribution is -2.58. The molecule has 2 aromatic rings. The van der Waals surface area contributed by atoms with E-state index in [4.69, 9.17) is 0 Å². The number of hydrogen-bond acceptors (Lipinski definition) is 3. The lowest BCUT2D eigenvalue weighted by atomic mass is 10.0. The highest BCUT2D eigenvalue weighted by Crippen LogP contribution is 2.15. The van der Waals surface area contributed by atoms with Gasteiger partial charge in [-0.25, -0.2) is 0 Å². The smallest absolute Gasteiger partial charge is 0.255 e. The maximum absolute atomic E-state index is 12.7. The molecule has 1 aliphatic rings. The summed E-state index contributed by atoms with van der Waals surface area (Å²) in [7, 11) is 0. The molecule has 2 heterocycles. The third-order valence-electron chi connectivity index (χ3n) is 3.91. The molecule has 1 atom stereocenters. The Morgan fingerprint density at radius 3 is 2.61 bits per heavy atom. The van der Waals surface area contributed by atoms with Crippen molar-refractivity contribution in [2.45, 2.75) is 12.5 Å². The zero-order valence-corrected chi connectivity index (χ0v) is 12.5. The van der Waals surface area contributed by atoms with Gasteiger partial charge in [-0.3, -0.25) is 9.59 Å². The molecular formula is C17H17N3O3. The minimum absolute atomic E-state index is 0.150. The Hall–Kier alpha value is -2.89. The summed E-state index contributed by atoms with van der Waals surface area (Å²) in [6, 6.07) is 12.0. The Morgan fingerprint density at radius 2 is 1.91 bits per heavy atom. The molecule has 1 unspecified atom stereocenters. The van der Waals surface area contributed by atoms with E-state index in [1.807, 2.05) is 30.3 Å². The van der Waals surface area contributed by atoms with Crippen LogP contribution in [0.15, 0.2) is 54.9 Å². The number of carbonyl (C=O) groups is 2. The standard InChI is InChI=1S/C17H17N3O3/c21-16-15(12-13-4-2-1-3-5-13)20(11-8-18-16)17(22)14-6-9-19(23)10-7-14/h1-7,9-10,15H,8,11-12H2,(H,18,21). The van der Waals surface area contributed by atoms with E-state index in [1.54, 1.807) is 4.90 Å². The van der Waals surface area contributed by atoms with Gasteiger partial charge in [-0.2, -0.15) is 4.73 Å².